The Hall–Kier alpha value is -2.30. The van der Waals surface area contributed by atoms with E-state index < -0.39 is 0 Å². The maximum absolute atomic E-state index is 11.3. The molecule has 1 aromatic heterocycles. The minimum atomic E-state index is -0.364. The summed E-state index contributed by atoms with van der Waals surface area (Å²) >= 11 is 0. The molecule has 23 heavy (non-hydrogen) atoms. The highest BCUT2D eigenvalue weighted by molar-refractivity contribution is 6.36. The zero-order valence-corrected chi connectivity index (χ0v) is 14.2. The number of hydrogen-bond donors (Lipinski definition) is 1. The summed E-state index contributed by atoms with van der Waals surface area (Å²) in [5.41, 5.74) is 1.03. The number of nitrogens with one attached hydrogen (secondary N) is 1. The Labute approximate surface area is 138 Å². The van der Waals surface area contributed by atoms with E-state index in [1.165, 1.54) is 6.92 Å². The van der Waals surface area contributed by atoms with E-state index in [0.717, 1.165) is 5.56 Å². The zero-order chi connectivity index (χ0) is 17.7. The number of amides is 1. The highest BCUT2D eigenvalue weighted by Gasteiger charge is 2.04. The summed E-state index contributed by atoms with van der Waals surface area (Å²) < 4.78 is 0. The molecule has 1 aromatic rings. The van der Waals surface area contributed by atoms with E-state index in [-0.39, 0.29) is 17.5 Å². The Morgan fingerprint density at radius 1 is 1.35 bits per heavy atom. The molecule has 0 fully saturated rings. The van der Waals surface area contributed by atoms with Crippen molar-refractivity contribution in [1.29, 1.82) is 0 Å². The molecule has 1 N–H and O–H groups in total. The minimum Gasteiger partial charge on any atom is -0.352 e. The van der Waals surface area contributed by atoms with Gasteiger partial charge in [0.2, 0.25) is 5.91 Å². The van der Waals surface area contributed by atoms with Crippen molar-refractivity contribution in [3.05, 3.63) is 42.7 Å². The Bertz CT molecular complexity index is 510. The van der Waals surface area contributed by atoms with Crippen molar-refractivity contribution in [2.24, 2.45) is 5.92 Å². The van der Waals surface area contributed by atoms with Gasteiger partial charge in [-0.2, -0.15) is 0 Å². The fraction of sp³-hybridized carbons (Fsp3) is 0.444. The number of carbonyl (C=O) groups excluding carboxylic acids is 3. The Morgan fingerprint density at radius 2 is 2.04 bits per heavy atom. The number of ketones is 2. The van der Waals surface area contributed by atoms with Gasteiger partial charge in [-0.05, 0) is 24.0 Å². The summed E-state index contributed by atoms with van der Waals surface area (Å²) in [6.45, 7) is 9.34. The molecule has 5 nitrogen and oxygen atoms in total. The summed E-state index contributed by atoms with van der Waals surface area (Å²) in [6, 6.07) is 3.81. The third kappa shape index (κ3) is 12.0. The van der Waals surface area contributed by atoms with Crippen LogP contribution < -0.4 is 5.32 Å². The van der Waals surface area contributed by atoms with Crippen LogP contribution in [0.4, 0.5) is 0 Å². The molecule has 0 aliphatic carbocycles. The molecule has 1 rings (SSSR count). The largest absolute Gasteiger partial charge is 0.352 e. The van der Waals surface area contributed by atoms with Gasteiger partial charge in [-0.15, -0.1) is 6.58 Å². The molecule has 0 radical (unpaired) electrons. The van der Waals surface area contributed by atoms with Gasteiger partial charge >= 0.3 is 0 Å². The zero-order valence-electron chi connectivity index (χ0n) is 14.2. The Balaban J connectivity index is 0.000000468. The molecule has 126 valence electrons. The molecule has 1 amide bonds. The molecular weight excluding hydrogens is 292 g/mol. The number of pyridine rings is 1. The lowest BCUT2D eigenvalue weighted by Gasteiger charge is -2.06. The van der Waals surface area contributed by atoms with Gasteiger partial charge in [0.1, 0.15) is 0 Å². The van der Waals surface area contributed by atoms with Crippen molar-refractivity contribution < 1.29 is 14.4 Å². The van der Waals surface area contributed by atoms with Crippen LogP contribution in [0.1, 0.15) is 45.6 Å². The summed E-state index contributed by atoms with van der Waals surface area (Å²) in [6.07, 6.45) is 6.59. The van der Waals surface area contributed by atoms with Crippen LogP contribution in [0.25, 0.3) is 0 Å². The van der Waals surface area contributed by atoms with Gasteiger partial charge in [-0.25, -0.2) is 0 Å². The highest BCUT2D eigenvalue weighted by atomic mass is 16.2. The van der Waals surface area contributed by atoms with E-state index in [1.54, 1.807) is 18.5 Å². The molecule has 0 aliphatic rings. The third-order valence-electron chi connectivity index (χ3n) is 2.77. The lowest BCUT2D eigenvalue weighted by molar-refractivity contribution is -0.135. The van der Waals surface area contributed by atoms with Crippen LogP contribution in [-0.4, -0.2) is 22.5 Å². The standard InChI is InChI=1S/C11H16N2O.C7H10O2/c1-9(2)6-11(14)13-8-10-4-3-5-12-7-10;1-3-4-5-7(9)6(2)8/h3-5,7,9H,6,8H2,1-2H3,(H,13,14);3H,1,4-5H2,2H3. The number of carbonyl (C=O) groups is 3. The fourth-order valence-electron chi connectivity index (χ4n) is 1.56. The van der Waals surface area contributed by atoms with Crippen LogP contribution >= 0.6 is 0 Å². The minimum absolute atomic E-state index is 0.101. The quantitative estimate of drug-likeness (QED) is 0.590. The van der Waals surface area contributed by atoms with E-state index in [0.29, 0.717) is 31.7 Å². The fourth-order valence-corrected chi connectivity index (χ4v) is 1.56. The molecule has 0 atom stereocenters. The molecule has 0 saturated carbocycles. The van der Waals surface area contributed by atoms with Crippen LogP contribution in [0.15, 0.2) is 37.2 Å². The number of allylic oxidation sites excluding steroid dienone is 1. The Morgan fingerprint density at radius 3 is 2.52 bits per heavy atom. The molecule has 0 aromatic carbocycles. The van der Waals surface area contributed by atoms with E-state index in [2.05, 4.69) is 16.9 Å². The number of rotatable bonds is 8. The second-order valence-corrected chi connectivity index (χ2v) is 5.54. The van der Waals surface area contributed by atoms with Crippen LogP contribution in [0.2, 0.25) is 0 Å². The van der Waals surface area contributed by atoms with E-state index >= 15 is 0 Å². The average molecular weight is 318 g/mol. The third-order valence-corrected chi connectivity index (χ3v) is 2.77. The van der Waals surface area contributed by atoms with Gasteiger partial charge in [0.15, 0.2) is 11.6 Å². The van der Waals surface area contributed by atoms with Gasteiger partial charge in [0, 0.05) is 38.7 Å². The molecule has 0 saturated heterocycles. The van der Waals surface area contributed by atoms with Crippen LogP contribution in [0.5, 0.6) is 0 Å². The van der Waals surface area contributed by atoms with Crippen LogP contribution in [0, 0.1) is 5.92 Å². The Kier molecular flexibility index (Phi) is 11.0. The molecule has 0 bridgehead atoms. The van der Waals surface area contributed by atoms with Crippen molar-refractivity contribution >= 4 is 17.5 Å². The smallest absolute Gasteiger partial charge is 0.220 e. The average Bonchev–Trinajstić information content (AvgIpc) is 2.51. The second kappa shape index (κ2) is 12.3. The van der Waals surface area contributed by atoms with Crippen molar-refractivity contribution in [3.63, 3.8) is 0 Å². The molecule has 0 unspecified atom stereocenters. The van der Waals surface area contributed by atoms with Crippen molar-refractivity contribution in [1.82, 2.24) is 10.3 Å². The number of hydrogen-bond acceptors (Lipinski definition) is 4. The maximum Gasteiger partial charge on any atom is 0.220 e. The molecule has 5 heteroatoms. The number of nitrogens with zero attached hydrogens (tertiary/aromatic N) is 1. The van der Waals surface area contributed by atoms with Crippen LogP contribution in [0.3, 0.4) is 0 Å². The van der Waals surface area contributed by atoms with Crippen molar-refractivity contribution in [3.8, 4) is 0 Å². The lowest BCUT2D eigenvalue weighted by Crippen LogP contribution is -2.23. The molecular formula is C18H26N2O3. The maximum atomic E-state index is 11.3. The predicted molar refractivity (Wildman–Crippen MR) is 90.7 cm³/mol. The monoisotopic (exact) mass is 318 g/mol. The van der Waals surface area contributed by atoms with Gasteiger partial charge in [0.25, 0.3) is 0 Å². The summed E-state index contributed by atoms with van der Waals surface area (Å²) in [4.78, 5) is 36.0. The normalized spacial score (nSPS) is 9.57. The first-order valence-corrected chi connectivity index (χ1v) is 7.67. The van der Waals surface area contributed by atoms with Gasteiger partial charge < -0.3 is 5.32 Å². The summed E-state index contributed by atoms with van der Waals surface area (Å²) in [5.74, 6) is -0.167. The highest BCUT2D eigenvalue weighted by Crippen LogP contribution is 2.00. The summed E-state index contributed by atoms with van der Waals surface area (Å²) in [7, 11) is 0. The predicted octanol–water partition coefficient (Wildman–Crippen LogP) is 2.85. The number of aromatic nitrogens is 1. The molecule has 0 aliphatic heterocycles. The first kappa shape index (κ1) is 20.7. The van der Waals surface area contributed by atoms with E-state index in [9.17, 15) is 14.4 Å². The van der Waals surface area contributed by atoms with E-state index in [1.807, 2.05) is 26.0 Å². The topological polar surface area (TPSA) is 76.1 Å². The summed E-state index contributed by atoms with van der Waals surface area (Å²) in [5, 5.41) is 2.85. The van der Waals surface area contributed by atoms with Crippen molar-refractivity contribution in [2.75, 3.05) is 0 Å². The van der Waals surface area contributed by atoms with Gasteiger partial charge in [-0.3, -0.25) is 19.4 Å². The lowest BCUT2D eigenvalue weighted by atomic mass is 10.1. The SMILES string of the molecule is C=CCCC(=O)C(C)=O.CC(C)CC(=O)NCc1cccnc1. The number of Topliss-reactive ketones (excluding diaryl/α,β-unsaturated/α-hetero) is 2. The van der Waals surface area contributed by atoms with Gasteiger partial charge in [0.05, 0.1) is 0 Å². The second-order valence-electron chi connectivity index (χ2n) is 5.54. The molecule has 1 heterocycles. The van der Waals surface area contributed by atoms with Gasteiger partial charge in [-0.1, -0.05) is 26.0 Å². The first-order chi connectivity index (χ1) is 10.9. The van der Waals surface area contributed by atoms with E-state index in [4.69, 9.17) is 0 Å². The molecule has 0 spiro atoms. The van der Waals surface area contributed by atoms with Crippen LogP contribution in [-0.2, 0) is 20.9 Å². The van der Waals surface area contributed by atoms with Crippen molar-refractivity contribution in [2.45, 2.75) is 46.6 Å². The first-order valence-electron chi connectivity index (χ1n) is 7.67.